The van der Waals surface area contributed by atoms with Gasteiger partial charge in [0.25, 0.3) is 0 Å². The van der Waals surface area contributed by atoms with Gasteiger partial charge in [-0.05, 0) is 36.1 Å². The zero-order valence-corrected chi connectivity index (χ0v) is 13.6. The van der Waals surface area contributed by atoms with Gasteiger partial charge in [0.1, 0.15) is 21.2 Å². The fraction of sp³-hybridized carbons (Fsp3) is 0.500. The zero-order valence-electron chi connectivity index (χ0n) is 12.8. The van der Waals surface area contributed by atoms with Gasteiger partial charge in [-0.2, -0.15) is 0 Å². The van der Waals surface area contributed by atoms with Crippen LogP contribution in [0.2, 0.25) is 0 Å². The number of hydrazine groups is 1. The van der Waals surface area contributed by atoms with Gasteiger partial charge in [-0.25, -0.2) is 17.8 Å². The van der Waals surface area contributed by atoms with Gasteiger partial charge in [-0.1, -0.05) is 6.07 Å². The molecule has 2 rings (SSSR count). The largest absolute Gasteiger partial charge is 0.368 e. The van der Waals surface area contributed by atoms with Crippen LogP contribution in [0.15, 0.2) is 18.2 Å². The number of hydrogen-bond donors (Lipinski definition) is 3. The Morgan fingerprint density at radius 2 is 2.13 bits per heavy atom. The number of halogens is 1. The Morgan fingerprint density at radius 1 is 1.48 bits per heavy atom. The minimum atomic E-state index is -3.38. The van der Waals surface area contributed by atoms with E-state index < -0.39 is 32.4 Å². The maximum Gasteiger partial charge on any atom is 0.243 e. The van der Waals surface area contributed by atoms with Gasteiger partial charge in [-0.3, -0.25) is 10.6 Å². The number of primary amides is 1. The Labute approximate surface area is 134 Å². The molecule has 0 radical (unpaired) electrons. The average molecular weight is 344 g/mol. The van der Waals surface area contributed by atoms with Gasteiger partial charge in [0.05, 0.1) is 5.25 Å². The van der Waals surface area contributed by atoms with Crippen molar-refractivity contribution in [2.75, 3.05) is 12.8 Å². The van der Waals surface area contributed by atoms with Crippen LogP contribution in [0.1, 0.15) is 24.0 Å². The second-order valence-corrected chi connectivity index (χ2v) is 8.19. The Balaban J connectivity index is 2.65. The lowest BCUT2D eigenvalue weighted by Gasteiger charge is -2.45. The molecule has 23 heavy (non-hydrogen) atoms. The quantitative estimate of drug-likeness (QED) is 0.622. The van der Waals surface area contributed by atoms with E-state index in [9.17, 15) is 17.6 Å². The smallest absolute Gasteiger partial charge is 0.243 e. The van der Waals surface area contributed by atoms with Crippen molar-refractivity contribution in [1.82, 2.24) is 5.01 Å². The highest BCUT2D eigenvalue weighted by Gasteiger charge is 2.50. The summed E-state index contributed by atoms with van der Waals surface area (Å²) in [7, 11) is -3.38. The molecule has 2 atom stereocenters. The minimum absolute atomic E-state index is 0.0283. The summed E-state index contributed by atoms with van der Waals surface area (Å²) in [5.74, 6) is 4.73. The van der Waals surface area contributed by atoms with E-state index in [1.54, 1.807) is 0 Å². The molecule has 128 valence electrons. The standard InChI is InChI=1S/C14H21FN4O3S/c1-23(21,22)11-4-5-19(18)14(7-11,13(17)20)12-3-2-10(15)6-9(12)8-16/h2-3,6,11H,4-5,7-8,16,18H2,1H3,(H2,17,20). The van der Waals surface area contributed by atoms with Crippen LogP contribution in [-0.2, 0) is 26.7 Å². The number of piperidine rings is 1. The van der Waals surface area contributed by atoms with E-state index in [0.29, 0.717) is 17.5 Å². The van der Waals surface area contributed by atoms with Crippen molar-refractivity contribution in [3.05, 3.63) is 35.1 Å². The van der Waals surface area contributed by atoms with Crippen LogP contribution in [0.5, 0.6) is 0 Å². The molecule has 7 nitrogen and oxygen atoms in total. The van der Waals surface area contributed by atoms with Gasteiger partial charge >= 0.3 is 0 Å². The first-order valence-electron chi connectivity index (χ1n) is 7.13. The molecular weight excluding hydrogens is 323 g/mol. The predicted molar refractivity (Wildman–Crippen MR) is 83.9 cm³/mol. The number of rotatable bonds is 4. The fourth-order valence-corrected chi connectivity index (χ4v) is 4.24. The summed E-state index contributed by atoms with van der Waals surface area (Å²) in [5, 5.41) is 0.481. The van der Waals surface area contributed by atoms with Crippen molar-refractivity contribution in [1.29, 1.82) is 0 Å². The first-order valence-corrected chi connectivity index (χ1v) is 9.08. The molecule has 1 fully saturated rings. The molecule has 1 heterocycles. The number of nitrogens with two attached hydrogens (primary N) is 3. The molecule has 1 saturated heterocycles. The highest BCUT2D eigenvalue weighted by Crippen LogP contribution is 2.39. The van der Waals surface area contributed by atoms with Gasteiger partial charge in [0.2, 0.25) is 5.91 Å². The highest BCUT2D eigenvalue weighted by atomic mass is 32.2. The third kappa shape index (κ3) is 3.09. The van der Waals surface area contributed by atoms with Gasteiger partial charge < -0.3 is 11.5 Å². The molecule has 9 heteroatoms. The molecule has 1 aliphatic heterocycles. The lowest BCUT2D eigenvalue weighted by molar-refractivity contribution is -0.133. The van der Waals surface area contributed by atoms with Crippen LogP contribution < -0.4 is 17.3 Å². The van der Waals surface area contributed by atoms with Crippen molar-refractivity contribution in [2.45, 2.75) is 30.2 Å². The molecule has 0 aromatic heterocycles. The molecule has 0 saturated carbocycles. The lowest BCUT2D eigenvalue weighted by atomic mass is 9.78. The summed E-state index contributed by atoms with van der Waals surface area (Å²) < 4.78 is 37.4. The maximum atomic E-state index is 13.5. The topological polar surface area (TPSA) is 133 Å². The minimum Gasteiger partial charge on any atom is -0.368 e. The van der Waals surface area contributed by atoms with Crippen LogP contribution in [0.25, 0.3) is 0 Å². The third-order valence-corrected chi connectivity index (χ3v) is 6.06. The molecule has 2 unspecified atom stereocenters. The number of carbonyl (C=O) groups excluding carboxylic acids is 1. The van der Waals surface area contributed by atoms with E-state index in [0.717, 1.165) is 6.26 Å². The lowest BCUT2D eigenvalue weighted by Crippen LogP contribution is -2.63. The van der Waals surface area contributed by atoms with Crippen molar-refractivity contribution < 1.29 is 17.6 Å². The van der Waals surface area contributed by atoms with E-state index in [4.69, 9.17) is 17.3 Å². The summed E-state index contributed by atoms with van der Waals surface area (Å²) in [6.07, 6.45) is 1.32. The van der Waals surface area contributed by atoms with Gasteiger partial charge in [-0.15, -0.1) is 0 Å². The molecule has 1 amide bonds. The monoisotopic (exact) mass is 344 g/mol. The van der Waals surface area contributed by atoms with Crippen LogP contribution in [-0.4, -0.2) is 37.4 Å². The number of hydrogen-bond acceptors (Lipinski definition) is 6. The van der Waals surface area contributed by atoms with Crippen LogP contribution in [0, 0.1) is 5.82 Å². The SMILES string of the molecule is CS(=O)(=O)C1CCN(N)C(C(N)=O)(c2ccc(F)cc2CN)C1. The summed E-state index contributed by atoms with van der Waals surface area (Å²) in [6.45, 7) is 0.140. The summed E-state index contributed by atoms with van der Waals surface area (Å²) in [6, 6.07) is 3.78. The molecule has 0 aliphatic carbocycles. The van der Waals surface area contributed by atoms with Gasteiger partial charge in [0.15, 0.2) is 0 Å². The van der Waals surface area contributed by atoms with Crippen molar-refractivity contribution in [3.8, 4) is 0 Å². The Hall–Kier alpha value is -1.55. The summed E-state index contributed by atoms with van der Waals surface area (Å²) in [4.78, 5) is 12.3. The van der Waals surface area contributed by atoms with Crippen LogP contribution in [0.3, 0.4) is 0 Å². The van der Waals surface area contributed by atoms with Crippen molar-refractivity contribution in [2.24, 2.45) is 17.3 Å². The van der Waals surface area contributed by atoms with Crippen LogP contribution >= 0.6 is 0 Å². The number of carbonyl (C=O) groups is 1. The predicted octanol–water partition coefficient (Wildman–Crippen LogP) is -0.652. The second-order valence-electron chi connectivity index (χ2n) is 5.87. The second kappa shape index (κ2) is 6.16. The summed E-state index contributed by atoms with van der Waals surface area (Å²) in [5.41, 5.74) is 10.4. The fourth-order valence-electron chi connectivity index (χ4n) is 3.16. The molecule has 0 bridgehead atoms. The Bertz CT molecular complexity index is 725. The summed E-state index contributed by atoms with van der Waals surface area (Å²) >= 11 is 0. The molecule has 6 N–H and O–H groups in total. The van der Waals surface area contributed by atoms with Crippen molar-refractivity contribution >= 4 is 15.7 Å². The van der Waals surface area contributed by atoms with Gasteiger partial charge in [0, 0.05) is 19.3 Å². The maximum absolute atomic E-state index is 13.5. The normalized spacial score (nSPS) is 26.2. The third-order valence-electron chi connectivity index (χ3n) is 4.45. The highest BCUT2D eigenvalue weighted by molar-refractivity contribution is 7.91. The Morgan fingerprint density at radius 3 is 2.65 bits per heavy atom. The van der Waals surface area contributed by atoms with E-state index in [1.807, 2.05) is 0 Å². The van der Waals surface area contributed by atoms with E-state index in [2.05, 4.69) is 0 Å². The number of sulfone groups is 1. The van der Waals surface area contributed by atoms with E-state index >= 15 is 0 Å². The Kier molecular flexibility index (Phi) is 4.76. The molecular formula is C14H21FN4O3S. The molecule has 0 spiro atoms. The van der Waals surface area contributed by atoms with E-state index in [1.165, 1.54) is 23.2 Å². The van der Waals surface area contributed by atoms with Crippen LogP contribution in [0.4, 0.5) is 4.39 Å². The van der Waals surface area contributed by atoms with E-state index in [-0.39, 0.29) is 19.5 Å². The zero-order chi connectivity index (χ0) is 17.4. The number of benzene rings is 1. The molecule has 1 aromatic carbocycles. The molecule has 1 aromatic rings. The first kappa shape index (κ1) is 17.8. The first-order chi connectivity index (χ1) is 10.6. The molecule has 1 aliphatic rings. The number of nitrogens with zero attached hydrogens (tertiary/aromatic N) is 1. The number of amides is 1. The average Bonchev–Trinajstić information content (AvgIpc) is 2.46. The van der Waals surface area contributed by atoms with Crippen molar-refractivity contribution in [3.63, 3.8) is 0 Å².